The van der Waals surface area contributed by atoms with Crippen molar-refractivity contribution in [1.82, 2.24) is 0 Å². The van der Waals surface area contributed by atoms with E-state index in [2.05, 4.69) is 13.8 Å². The smallest absolute Gasteiger partial charge is 0.182 e. The molecule has 0 radical (unpaired) electrons. The Labute approximate surface area is 91.7 Å². The summed E-state index contributed by atoms with van der Waals surface area (Å²) in [5.74, 6) is 0.0405. The molecule has 0 aromatic rings. The molecule has 15 heavy (non-hydrogen) atoms. The maximum absolute atomic E-state index is 11.9. The van der Waals surface area contributed by atoms with Crippen LogP contribution in [-0.4, -0.2) is 17.0 Å². The van der Waals surface area contributed by atoms with Crippen molar-refractivity contribution in [1.29, 1.82) is 0 Å². The third-order valence-corrected chi connectivity index (χ3v) is 3.18. The largest absolute Gasteiger partial charge is 0.389 e. The molecule has 0 heterocycles. The summed E-state index contributed by atoms with van der Waals surface area (Å²) < 4.78 is 0. The van der Waals surface area contributed by atoms with Crippen molar-refractivity contribution in [3.63, 3.8) is 0 Å². The van der Waals surface area contributed by atoms with Gasteiger partial charge in [0.15, 0.2) is 5.78 Å². The van der Waals surface area contributed by atoms with Gasteiger partial charge in [0.05, 0.1) is 6.10 Å². The minimum Gasteiger partial charge on any atom is -0.389 e. The van der Waals surface area contributed by atoms with Gasteiger partial charge in [-0.3, -0.25) is 4.79 Å². The number of rotatable bonds is 2. The van der Waals surface area contributed by atoms with Gasteiger partial charge in [-0.2, -0.15) is 0 Å². The van der Waals surface area contributed by atoms with Crippen molar-refractivity contribution in [3.8, 4) is 0 Å². The van der Waals surface area contributed by atoms with Crippen LogP contribution in [0.25, 0.3) is 0 Å². The van der Waals surface area contributed by atoms with Crippen molar-refractivity contribution in [2.24, 2.45) is 5.41 Å². The van der Waals surface area contributed by atoms with Crippen molar-refractivity contribution in [2.75, 3.05) is 0 Å². The first-order valence-electron chi connectivity index (χ1n) is 5.46. The quantitative estimate of drug-likeness (QED) is 0.708. The standard InChI is InChI=1S/C13H20O2/c1-5-6-11(15)12-9(2)10(14)7-8-13(12,3)4/h5-6,10,14H,7-8H2,1-4H3. The molecule has 1 N–H and O–H groups in total. The van der Waals surface area contributed by atoms with Crippen LogP contribution in [0.3, 0.4) is 0 Å². The molecule has 0 fully saturated rings. The normalized spacial score (nSPS) is 26.1. The van der Waals surface area contributed by atoms with Gasteiger partial charge in [-0.25, -0.2) is 0 Å². The molecule has 0 saturated carbocycles. The SMILES string of the molecule is CC=CC(=O)C1=C(C)C(O)CCC1(C)C. The highest BCUT2D eigenvalue weighted by Crippen LogP contribution is 2.40. The van der Waals surface area contributed by atoms with Gasteiger partial charge in [0.25, 0.3) is 0 Å². The molecular weight excluding hydrogens is 188 g/mol. The summed E-state index contributed by atoms with van der Waals surface area (Å²) in [6.07, 6.45) is 4.51. The van der Waals surface area contributed by atoms with Crippen LogP contribution < -0.4 is 0 Å². The molecule has 1 aliphatic rings. The number of aliphatic hydroxyl groups excluding tert-OH is 1. The first-order valence-corrected chi connectivity index (χ1v) is 5.46. The lowest BCUT2D eigenvalue weighted by Gasteiger charge is -2.35. The molecule has 0 aliphatic heterocycles. The molecule has 0 aromatic carbocycles. The monoisotopic (exact) mass is 208 g/mol. The maximum atomic E-state index is 11.9. The average Bonchev–Trinajstić information content (AvgIpc) is 2.12. The minimum absolute atomic E-state index is 0.0405. The Bertz CT molecular complexity index is 321. The highest BCUT2D eigenvalue weighted by molar-refractivity contribution is 6.05. The molecule has 2 heteroatoms. The van der Waals surface area contributed by atoms with E-state index in [0.717, 1.165) is 24.0 Å². The number of carbonyl (C=O) groups excluding carboxylic acids is 1. The van der Waals surface area contributed by atoms with E-state index in [1.807, 2.05) is 13.8 Å². The van der Waals surface area contributed by atoms with Gasteiger partial charge in [-0.05, 0) is 43.8 Å². The topological polar surface area (TPSA) is 37.3 Å². The van der Waals surface area contributed by atoms with Crippen LogP contribution in [0.1, 0.15) is 40.5 Å². The van der Waals surface area contributed by atoms with Crippen LogP contribution >= 0.6 is 0 Å². The van der Waals surface area contributed by atoms with Crippen LogP contribution in [0.5, 0.6) is 0 Å². The molecule has 0 aromatic heterocycles. The number of ketones is 1. The first kappa shape index (κ1) is 12.2. The van der Waals surface area contributed by atoms with Crippen molar-refractivity contribution < 1.29 is 9.90 Å². The summed E-state index contributed by atoms with van der Waals surface area (Å²) in [6.45, 7) is 7.83. The second-order valence-electron chi connectivity index (χ2n) is 4.86. The molecule has 1 aliphatic carbocycles. The fourth-order valence-electron chi connectivity index (χ4n) is 2.30. The lowest BCUT2D eigenvalue weighted by Crippen LogP contribution is -2.31. The van der Waals surface area contributed by atoms with Gasteiger partial charge in [0.1, 0.15) is 0 Å². The maximum Gasteiger partial charge on any atom is 0.182 e. The van der Waals surface area contributed by atoms with Crippen molar-refractivity contribution in [2.45, 2.75) is 46.6 Å². The van der Waals surface area contributed by atoms with E-state index in [0.29, 0.717) is 0 Å². The van der Waals surface area contributed by atoms with Gasteiger partial charge >= 0.3 is 0 Å². The predicted octanol–water partition coefficient (Wildman–Crippen LogP) is 2.63. The first-order chi connectivity index (χ1) is 6.90. The van der Waals surface area contributed by atoms with Gasteiger partial charge < -0.3 is 5.11 Å². The van der Waals surface area contributed by atoms with Gasteiger partial charge in [-0.15, -0.1) is 0 Å². The van der Waals surface area contributed by atoms with E-state index in [-0.39, 0.29) is 11.2 Å². The van der Waals surface area contributed by atoms with Crippen LogP contribution in [0, 0.1) is 5.41 Å². The van der Waals surface area contributed by atoms with Crippen LogP contribution in [-0.2, 0) is 4.79 Å². The summed E-state index contributed by atoms with van der Waals surface area (Å²) in [4.78, 5) is 11.9. The molecule has 0 saturated heterocycles. The highest BCUT2D eigenvalue weighted by Gasteiger charge is 2.35. The van der Waals surface area contributed by atoms with Gasteiger partial charge in [0, 0.05) is 5.57 Å². The average molecular weight is 208 g/mol. The molecule has 2 nitrogen and oxygen atoms in total. The molecule has 1 unspecified atom stereocenters. The second kappa shape index (κ2) is 4.31. The van der Waals surface area contributed by atoms with E-state index in [9.17, 15) is 9.90 Å². The zero-order valence-corrected chi connectivity index (χ0v) is 10.0. The molecule has 84 valence electrons. The summed E-state index contributed by atoms with van der Waals surface area (Å²) in [5.41, 5.74) is 1.52. The summed E-state index contributed by atoms with van der Waals surface area (Å²) in [6, 6.07) is 0. The minimum atomic E-state index is -0.442. The Balaban J connectivity index is 3.17. The molecule has 0 amide bonds. The molecule has 0 spiro atoms. The fourth-order valence-corrected chi connectivity index (χ4v) is 2.30. The number of carbonyl (C=O) groups is 1. The zero-order chi connectivity index (χ0) is 11.6. The summed E-state index contributed by atoms with van der Waals surface area (Å²) in [7, 11) is 0. The lowest BCUT2D eigenvalue weighted by atomic mass is 9.70. The van der Waals surface area contributed by atoms with E-state index in [1.54, 1.807) is 12.2 Å². The second-order valence-corrected chi connectivity index (χ2v) is 4.86. The lowest BCUT2D eigenvalue weighted by molar-refractivity contribution is -0.112. The Morgan fingerprint density at radius 3 is 2.67 bits per heavy atom. The predicted molar refractivity (Wildman–Crippen MR) is 61.5 cm³/mol. The Morgan fingerprint density at radius 1 is 1.53 bits per heavy atom. The van der Waals surface area contributed by atoms with E-state index < -0.39 is 6.10 Å². The number of allylic oxidation sites excluding steroid dienone is 3. The summed E-state index contributed by atoms with van der Waals surface area (Å²) >= 11 is 0. The van der Waals surface area contributed by atoms with Crippen molar-refractivity contribution in [3.05, 3.63) is 23.3 Å². The van der Waals surface area contributed by atoms with Crippen LogP contribution in [0.4, 0.5) is 0 Å². The Kier molecular flexibility index (Phi) is 3.50. The molecule has 0 bridgehead atoms. The van der Waals surface area contributed by atoms with Crippen molar-refractivity contribution >= 4 is 5.78 Å². The number of hydrogen-bond acceptors (Lipinski definition) is 2. The van der Waals surface area contributed by atoms with E-state index in [4.69, 9.17) is 0 Å². The van der Waals surface area contributed by atoms with Gasteiger partial charge in [-0.1, -0.05) is 19.9 Å². The zero-order valence-electron chi connectivity index (χ0n) is 10.0. The van der Waals surface area contributed by atoms with Crippen LogP contribution in [0.15, 0.2) is 23.3 Å². The molecule has 1 atom stereocenters. The van der Waals surface area contributed by atoms with Crippen LogP contribution in [0.2, 0.25) is 0 Å². The third-order valence-electron chi connectivity index (χ3n) is 3.18. The molecule has 1 rings (SSSR count). The highest BCUT2D eigenvalue weighted by atomic mass is 16.3. The third kappa shape index (κ3) is 2.37. The summed E-state index contributed by atoms with van der Waals surface area (Å²) in [5, 5.41) is 9.76. The van der Waals surface area contributed by atoms with E-state index in [1.165, 1.54) is 0 Å². The fraction of sp³-hybridized carbons (Fsp3) is 0.615. The number of aliphatic hydroxyl groups is 1. The Hall–Kier alpha value is -0.890. The number of hydrogen-bond donors (Lipinski definition) is 1. The van der Waals surface area contributed by atoms with E-state index >= 15 is 0 Å². The Morgan fingerprint density at radius 2 is 2.13 bits per heavy atom. The van der Waals surface area contributed by atoms with Gasteiger partial charge in [0.2, 0.25) is 0 Å². The molecular formula is C13H20O2.